The SMILES string of the molecule is Cc1nn(C)c2ncc(C=C(C#N)C(=O)NC(C)C)cc12. The van der Waals surface area contributed by atoms with Gasteiger partial charge in [0.1, 0.15) is 11.6 Å². The Labute approximate surface area is 123 Å². The molecule has 6 heteroatoms. The Hall–Kier alpha value is -2.68. The number of aromatic nitrogens is 3. The summed E-state index contributed by atoms with van der Waals surface area (Å²) < 4.78 is 1.70. The van der Waals surface area contributed by atoms with Gasteiger partial charge < -0.3 is 5.32 Å². The highest BCUT2D eigenvalue weighted by Crippen LogP contribution is 2.18. The Morgan fingerprint density at radius 1 is 1.52 bits per heavy atom. The predicted octanol–water partition coefficient (Wildman–Crippen LogP) is 1.71. The lowest BCUT2D eigenvalue weighted by molar-refractivity contribution is -0.117. The molecule has 2 aromatic heterocycles. The quantitative estimate of drug-likeness (QED) is 0.686. The zero-order valence-electron chi connectivity index (χ0n) is 12.5. The van der Waals surface area contributed by atoms with E-state index in [1.807, 2.05) is 40.0 Å². The maximum absolute atomic E-state index is 11.9. The summed E-state index contributed by atoms with van der Waals surface area (Å²) in [6.07, 6.45) is 3.17. The second-order valence-corrected chi connectivity index (χ2v) is 5.15. The molecule has 1 amide bonds. The second-order valence-electron chi connectivity index (χ2n) is 5.15. The molecule has 0 aliphatic carbocycles. The summed E-state index contributed by atoms with van der Waals surface area (Å²) in [7, 11) is 1.83. The minimum atomic E-state index is -0.379. The molecule has 108 valence electrons. The average Bonchev–Trinajstić information content (AvgIpc) is 2.70. The molecular weight excluding hydrogens is 266 g/mol. The molecule has 0 saturated heterocycles. The molecule has 0 unspecified atom stereocenters. The summed E-state index contributed by atoms with van der Waals surface area (Å²) in [4.78, 5) is 16.2. The van der Waals surface area contributed by atoms with E-state index in [1.54, 1.807) is 10.9 Å². The van der Waals surface area contributed by atoms with Crippen molar-refractivity contribution in [2.45, 2.75) is 26.8 Å². The van der Waals surface area contributed by atoms with Crippen LogP contribution in [0.5, 0.6) is 0 Å². The van der Waals surface area contributed by atoms with Gasteiger partial charge in [0.15, 0.2) is 5.65 Å². The van der Waals surface area contributed by atoms with E-state index in [0.29, 0.717) is 5.56 Å². The molecular formula is C15H17N5O. The first-order valence-corrected chi connectivity index (χ1v) is 6.64. The smallest absolute Gasteiger partial charge is 0.262 e. The van der Waals surface area contributed by atoms with E-state index in [1.165, 1.54) is 6.08 Å². The van der Waals surface area contributed by atoms with Crippen LogP contribution < -0.4 is 5.32 Å². The Kier molecular flexibility index (Phi) is 4.03. The van der Waals surface area contributed by atoms with Crippen LogP contribution in [0.2, 0.25) is 0 Å². The largest absolute Gasteiger partial charge is 0.349 e. The number of carbonyl (C=O) groups is 1. The molecule has 0 aliphatic rings. The van der Waals surface area contributed by atoms with Gasteiger partial charge in [0.25, 0.3) is 5.91 Å². The van der Waals surface area contributed by atoms with Gasteiger partial charge in [0, 0.05) is 24.7 Å². The standard InChI is InChI=1S/C15H17N5O/c1-9(2)18-15(21)12(7-16)5-11-6-13-10(3)19-20(4)14(13)17-8-11/h5-6,8-9H,1-4H3,(H,18,21). The Morgan fingerprint density at radius 3 is 2.86 bits per heavy atom. The third-order valence-corrected chi connectivity index (χ3v) is 2.98. The number of fused-ring (bicyclic) bond motifs is 1. The number of amides is 1. The van der Waals surface area contributed by atoms with Gasteiger partial charge in [-0.25, -0.2) is 4.98 Å². The van der Waals surface area contributed by atoms with E-state index >= 15 is 0 Å². The summed E-state index contributed by atoms with van der Waals surface area (Å²) in [5.74, 6) is -0.379. The summed E-state index contributed by atoms with van der Waals surface area (Å²) in [5, 5.41) is 17.0. The van der Waals surface area contributed by atoms with Crippen LogP contribution in [0.25, 0.3) is 17.1 Å². The van der Waals surface area contributed by atoms with Crippen LogP contribution in [-0.2, 0) is 11.8 Å². The third-order valence-electron chi connectivity index (χ3n) is 2.98. The van der Waals surface area contributed by atoms with Crippen LogP contribution in [0.3, 0.4) is 0 Å². The zero-order valence-corrected chi connectivity index (χ0v) is 12.5. The van der Waals surface area contributed by atoms with Gasteiger partial charge in [0.2, 0.25) is 0 Å². The highest BCUT2D eigenvalue weighted by Gasteiger charge is 2.11. The summed E-state index contributed by atoms with van der Waals surface area (Å²) in [6, 6.07) is 3.79. The van der Waals surface area contributed by atoms with Crippen LogP contribution in [0.15, 0.2) is 17.8 Å². The lowest BCUT2D eigenvalue weighted by atomic mass is 10.1. The number of rotatable bonds is 3. The van der Waals surface area contributed by atoms with Crippen LogP contribution in [-0.4, -0.2) is 26.7 Å². The van der Waals surface area contributed by atoms with Crippen molar-refractivity contribution in [3.63, 3.8) is 0 Å². The van der Waals surface area contributed by atoms with E-state index in [4.69, 9.17) is 5.26 Å². The number of hydrogen-bond donors (Lipinski definition) is 1. The molecule has 1 N–H and O–H groups in total. The van der Waals surface area contributed by atoms with Crippen molar-refractivity contribution in [3.05, 3.63) is 29.1 Å². The van der Waals surface area contributed by atoms with Gasteiger partial charge in [-0.1, -0.05) is 0 Å². The minimum absolute atomic E-state index is 0.0181. The van der Waals surface area contributed by atoms with Crippen LogP contribution in [0.1, 0.15) is 25.1 Å². The van der Waals surface area contributed by atoms with E-state index in [0.717, 1.165) is 16.7 Å². The Bertz CT molecular complexity index is 764. The van der Waals surface area contributed by atoms with Crippen LogP contribution in [0, 0.1) is 18.3 Å². The fraction of sp³-hybridized carbons (Fsp3) is 0.333. The summed E-state index contributed by atoms with van der Waals surface area (Å²) in [6.45, 7) is 5.59. The molecule has 0 aromatic carbocycles. The van der Waals surface area contributed by atoms with E-state index < -0.39 is 0 Å². The molecule has 0 saturated carbocycles. The van der Waals surface area contributed by atoms with Gasteiger partial charge in [0.05, 0.1) is 5.69 Å². The molecule has 2 aromatic rings. The first-order valence-electron chi connectivity index (χ1n) is 6.64. The van der Waals surface area contributed by atoms with Crippen molar-refractivity contribution in [2.75, 3.05) is 0 Å². The van der Waals surface area contributed by atoms with Gasteiger partial charge in [-0.15, -0.1) is 0 Å². The lowest BCUT2D eigenvalue weighted by Gasteiger charge is -2.06. The average molecular weight is 283 g/mol. The van der Waals surface area contributed by atoms with E-state index in [9.17, 15) is 4.79 Å². The summed E-state index contributed by atoms with van der Waals surface area (Å²) in [5.41, 5.74) is 2.40. The van der Waals surface area contributed by atoms with Gasteiger partial charge >= 0.3 is 0 Å². The molecule has 0 aliphatic heterocycles. The maximum Gasteiger partial charge on any atom is 0.262 e. The predicted molar refractivity (Wildman–Crippen MR) is 80.1 cm³/mol. The van der Waals surface area contributed by atoms with E-state index in [2.05, 4.69) is 15.4 Å². The number of nitrogens with zero attached hydrogens (tertiary/aromatic N) is 4. The number of nitrogens with one attached hydrogen (secondary N) is 1. The van der Waals surface area contributed by atoms with Gasteiger partial charge in [-0.3, -0.25) is 9.48 Å². The monoisotopic (exact) mass is 283 g/mol. The van der Waals surface area contributed by atoms with Crippen molar-refractivity contribution >= 4 is 23.0 Å². The minimum Gasteiger partial charge on any atom is -0.349 e. The van der Waals surface area contributed by atoms with Crippen molar-refractivity contribution in [1.29, 1.82) is 5.26 Å². The number of pyridine rings is 1. The molecule has 2 heterocycles. The van der Waals surface area contributed by atoms with Crippen LogP contribution >= 0.6 is 0 Å². The Morgan fingerprint density at radius 2 is 2.24 bits per heavy atom. The van der Waals surface area contributed by atoms with Gasteiger partial charge in [-0.05, 0) is 38.5 Å². The molecule has 0 spiro atoms. The Balaban J connectivity index is 2.41. The van der Waals surface area contributed by atoms with Crippen molar-refractivity contribution in [1.82, 2.24) is 20.1 Å². The zero-order chi connectivity index (χ0) is 15.6. The summed E-state index contributed by atoms with van der Waals surface area (Å²) >= 11 is 0. The first-order chi connectivity index (χ1) is 9.92. The van der Waals surface area contributed by atoms with Gasteiger partial charge in [-0.2, -0.15) is 10.4 Å². The molecule has 6 nitrogen and oxygen atoms in total. The highest BCUT2D eigenvalue weighted by atomic mass is 16.1. The normalized spacial score (nSPS) is 11.7. The topological polar surface area (TPSA) is 83.6 Å². The number of carbonyl (C=O) groups excluding carboxylic acids is 1. The lowest BCUT2D eigenvalue weighted by Crippen LogP contribution is -2.30. The second kappa shape index (κ2) is 5.75. The first kappa shape index (κ1) is 14.7. The van der Waals surface area contributed by atoms with Crippen molar-refractivity contribution in [2.24, 2.45) is 7.05 Å². The fourth-order valence-corrected chi connectivity index (χ4v) is 2.06. The third kappa shape index (κ3) is 3.08. The van der Waals surface area contributed by atoms with Crippen molar-refractivity contribution < 1.29 is 4.79 Å². The number of nitriles is 1. The molecule has 0 radical (unpaired) electrons. The van der Waals surface area contributed by atoms with Crippen molar-refractivity contribution in [3.8, 4) is 6.07 Å². The number of hydrogen-bond acceptors (Lipinski definition) is 4. The number of aryl methyl sites for hydroxylation is 2. The molecule has 21 heavy (non-hydrogen) atoms. The molecule has 0 bridgehead atoms. The molecule has 2 rings (SSSR count). The molecule has 0 atom stereocenters. The molecule has 0 fully saturated rings. The maximum atomic E-state index is 11.9. The highest BCUT2D eigenvalue weighted by molar-refractivity contribution is 6.02. The van der Waals surface area contributed by atoms with E-state index in [-0.39, 0.29) is 17.5 Å². The fourth-order valence-electron chi connectivity index (χ4n) is 2.06. The van der Waals surface area contributed by atoms with Crippen LogP contribution in [0.4, 0.5) is 0 Å².